The number of benzene rings is 2. The van der Waals surface area contributed by atoms with Crippen molar-refractivity contribution in [2.45, 2.75) is 82.1 Å². The Balaban J connectivity index is 1.98. The Morgan fingerprint density at radius 3 is 2.16 bits per heavy atom. The van der Waals surface area contributed by atoms with Gasteiger partial charge >= 0.3 is 6.09 Å². The predicted octanol–water partition coefficient (Wildman–Crippen LogP) is 6.16. The molecule has 31 heavy (non-hydrogen) atoms. The number of amides is 1. The van der Waals surface area contributed by atoms with Gasteiger partial charge in [0.2, 0.25) is 0 Å². The van der Waals surface area contributed by atoms with E-state index in [4.69, 9.17) is 4.74 Å². The van der Waals surface area contributed by atoms with E-state index in [9.17, 15) is 13.2 Å². The van der Waals surface area contributed by atoms with Crippen LogP contribution in [0, 0.1) is 6.92 Å². The number of aryl methyl sites for hydroxylation is 1. The highest BCUT2D eigenvalue weighted by molar-refractivity contribution is 7.92. The maximum atomic E-state index is 13.2. The molecule has 0 bridgehead atoms. The van der Waals surface area contributed by atoms with Crippen LogP contribution in [0.5, 0.6) is 0 Å². The Kier molecular flexibility index (Phi) is 10.6. The van der Waals surface area contributed by atoms with E-state index in [1.54, 1.807) is 24.3 Å². The number of carbonyl (C=O) groups excluding carboxylic acids is 1. The summed E-state index contributed by atoms with van der Waals surface area (Å²) in [5.41, 5.74) is 1.83. The largest absolute Gasteiger partial charge is 0.445 e. The van der Waals surface area contributed by atoms with Crippen molar-refractivity contribution in [3.63, 3.8) is 0 Å². The van der Waals surface area contributed by atoms with Gasteiger partial charge < -0.3 is 10.1 Å². The van der Waals surface area contributed by atoms with Gasteiger partial charge in [-0.15, -0.1) is 0 Å². The van der Waals surface area contributed by atoms with Crippen molar-refractivity contribution >= 4 is 15.9 Å². The number of hydrogen-bond acceptors (Lipinski definition) is 4. The van der Waals surface area contributed by atoms with Gasteiger partial charge in [0.15, 0.2) is 9.84 Å². The third-order valence-electron chi connectivity index (χ3n) is 5.29. The van der Waals surface area contributed by atoms with Gasteiger partial charge in [0.05, 0.1) is 4.90 Å². The van der Waals surface area contributed by atoms with Crippen LogP contribution in [0.3, 0.4) is 0 Å². The first-order chi connectivity index (χ1) is 14.9. The maximum absolute atomic E-state index is 13.2. The van der Waals surface area contributed by atoms with Gasteiger partial charge in [-0.25, -0.2) is 13.2 Å². The molecule has 0 aliphatic rings. The lowest BCUT2D eigenvalue weighted by Crippen LogP contribution is -2.41. The number of alkyl carbamates (subject to hydrolysis) is 1. The summed E-state index contributed by atoms with van der Waals surface area (Å²) >= 11 is 0. The van der Waals surface area contributed by atoms with Gasteiger partial charge in [-0.2, -0.15) is 0 Å². The van der Waals surface area contributed by atoms with E-state index >= 15 is 0 Å². The van der Waals surface area contributed by atoms with Crippen LogP contribution < -0.4 is 5.32 Å². The standard InChI is InChI=1S/C25H35NO4S/c1-3-4-5-6-7-8-12-15-24(31(28,29)23-18-16-21(2)17-19-23)26-25(27)30-20-22-13-10-9-11-14-22/h9-11,13-14,16-19,24H,3-8,12,15,20H2,1-2H3,(H,26,27). The fourth-order valence-corrected chi connectivity index (χ4v) is 4.95. The molecule has 0 aliphatic heterocycles. The number of unbranched alkanes of at least 4 members (excludes halogenated alkanes) is 6. The van der Waals surface area contributed by atoms with Crippen molar-refractivity contribution in [1.29, 1.82) is 0 Å². The summed E-state index contributed by atoms with van der Waals surface area (Å²) in [7, 11) is -3.71. The molecule has 0 spiro atoms. The second-order valence-corrected chi connectivity index (χ2v) is 10.1. The first-order valence-corrected chi connectivity index (χ1v) is 12.8. The van der Waals surface area contributed by atoms with Crippen molar-refractivity contribution < 1.29 is 17.9 Å². The monoisotopic (exact) mass is 445 g/mol. The maximum Gasteiger partial charge on any atom is 0.408 e. The summed E-state index contributed by atoms with van der Waals surface area (Å²) in [6, 6.07) is 16.0. The quantitative estimate of drug-likeness (QED) is 0.375. The zero-order valence-electron chi connectivity index (χ0n) is 18.7. The number of rotatable bonds is 13. The summed E-state index contributed by atoms with van der Waals surface area (Å²) in [6.07, 6.45) is 7.23. The number of nitrogens with one attached hydrogen (secondary N) is 1. The molecule has 2 rings (SSSR count). The molecule has 5 nitrogen and oxygen atoms in total. The molecule has 2 aromatic carbocycles. The van der Waals surface area contributed by atoms with E-state index in [0.29, 0.717) is 6.42 Å². The molecule has 0 aromatic heterocycles. The Hall–Kier alpha value is -2.34. The molecular formula is C25H35NO4S. The van der Waals surface area contributed by atoms with Crippen LogP contribution in [-0.4, -0.2) is 19.9 Å². The molecule has 1 atom stereocenters. The third kappa shape index (κ3) is 8.74. The average Bonchev–Trinajstić information content (AvgIpc) is 2.77. The molecule has 1 amide bonds. The number of ether oxygens (including phenoxy) is 1. The molecule has 0 heterocycles. The minimum absolute atomic E-state index is 0.0986. The summed E-state index contributed by atoms with van der Waals surface area (Å²) in [5.74, 6) is 0. The Morgan fingerprint density at radius 2 is 1.52 bits per heavy atom. The van der Waals surface area contributed by atoms with Crippen LogP contribution >= 0.6 is 0 Å². The normalized spacial score (nSPS) is 12.3. The Bertz CT molecular complexity index is 879. The molecule has 0 aliphatic carbocycles. The van der Waals surface area contributed by atoms with Crippen molar-refractivity contribution in [2.24, 2.45) is 0 Å². The SMILES string of the molecule is CCCCCCCCCC(NC(=O)OCc1ccccc1)S(=O)(=O)c1ccc(C)cc1. The summed E-state index contributed by atoms with van der Waals surface area (Å²) < 4.78 is 31.6. The lowest BCUT2D eigenvalue weighted by Gasteiger charge is -2.19. The van der Waals surface area contributed by atoms with Gasteiger partial charge in [0.25, 0.3) is 0 Å². The minimum atomic E-state index is -3.71. The highest BCUT2D eigenvalue weighted by atomic mass is 32.2. The van der Waals surface area contributed by atoms with E-state index in [2.05, 4.69) is 12.2 Å². The molecular weight excluding hydrogens is 410 g/mol. The zero-order chi connectivity index (χ0) is 22.5. The second kappa shape index (κ2) is 13.2. The van der Waals surface area contributed by atoms with Gasteiger partial charge in [-0.05, 0) is 31.0 Å². The highest BCUT2D eigenvalue weighted by Crippen LogP contribution is 2.20. The molecule has 1 N–H and O–H groups in total. The Morgan fingerprint density at radius 1 is 0.903 bits per heavy atom. The number of hydrogen-bond donors (Lipinski definition) is 1. The second-order valence-electron chi connectivity index (χ2n) is 7.96. The van der Waals surface area contributed by atoms with E-state index in [1.807, 2.05) is 37.3 Å². The summed E-state index contributed by atoms with van der Waals surface area (Å²) in [5, 5.41) is 1.60. The third-order valence-corrected chi connectivity index (χ3v) is 7.32. The lowest BCUT2D eigenvalue weighted by atomic mass is 10.1. The number of sulfone groups is 1. The van der Waals surface area contributed by atoms with Crippen molar-refractivity contribution in [3.05, 3.63) is 65.7 Å². The number of carbonyl (C=O) groups is 1. The van der Waals surface area contributed by atoms with E-state index in [-0.39, 0.29) is 11.5 Å². The highest BCUT2D eigenvalue weighted by Gasteiger charge is 2.29. The summed E-state index contributed by atoms with van der Waals surface area (Å²) in [4.78, 5) is 12.6. The van der Waals surface area contributed by atoms with Crippen molar-refractivity contribution in [3.8, 4) is 0 Å². The molecule has 0 fully saturated rings. The smallest absolute Gasteiger partial charge is 0.408 e. The molecule has 1 unspecified atom stereocenters. The first kappa shape index (κ1) is 24.9. The fourth-order valence-electron chi connectivity index (χ4n) is 3.38. The predicted molar refractivity (Wildman–Crippen MR) is 125 cm³/mol. The van der Waals surface area contributed by atoms with Crippen LogP contribution in [0.25, 0.3) is 0 Å². The molecule has 2 aromatic rings. The first-order valence-electron chi connectivity index (χ1n) is 11.2. The fraction of sp³-hybridized carbons (Fsp3) is 0.480. The molecule has 0 saturated heterocycles. The Labute approximate surface area is 187 Å². The average molecular weight is 446 g/mol. The topological polar surface area (TPSA) is 72.5 Å². The van der Waals surface area contributed by atoms with Crippen molar-refractivity contribution in [2.75, 3.05) is 0 Å². The van der Waals surface area contributed by atoms with Crippen LogP contribution in [0.1, 0.15) is 69.4 Å². The van der Waals surface area contributed by atoms with E-state index in [1.165, 1.54) is 19.3 Å². The molecule has 0 radical (unpaired) electrons. The van der Waals surface area contributed by atoms with Crippen LogP contribution in [0.2, 0.25) is 0 Å². The van der Waals surface area contributed by atoms with Gasteiger partial charge in [-0.1, -0.05) is 99.9 Å². The van der Waals surface area contributed by atoms with Crippen LogP contribution in [0.4, 0.5) is 4.79 Å². The van der Waals surface area contributed by atoms with Gasteiger partial charge in [0.1, 0.15) is 12.0 Å². The molecule has 170 valence electrons. The minimum Gasteiger partial charge on any atom is -0.445 e. The lowest BCUT2D eigenvalue weighted by molar-refractivity contribution is 0.138. The van der Waals surface area contributed by atoms with Crippen LogP contribution in [-0.2, 0) is 21.2 Å². The molecule has 0 saturated carbocycles. The van der Waals surface area contributed by atoms with Crippen LogP contribution in [0.15, 0.2) is 59.5 Å². The molecule has 6 heteroatoms. The van der Waals surface area contributed by atoms with Gasteiger partial charge in [0, 0.05) is 0 Å². The zero-order valence-corrected chi connectivity index (χ0v) is 19.5. The van der Waals surface area contributed by atoms with Gasteiger partial charge in [-0.3, -0.25) is 0 Å². The summed E-state index contributed by atoms with van der Waals surface area (Å²) in [6.45, 7) is 4.19. The van der Waals surface area contributed by atoms with E-state index < -0.39 is 21.3 Å². The van der Waals surface area contributed by atoms with E-state index in [0.717, 1.165) is 36.8 Å². The van der Waals surface area contributed by atoms with Crippen molar-refractivity contribution in [1.82, 2.24) is 5.32 Å².